The highest BCUT2D eigenvalue weighted by molar-refractivity contribution is 6.26. The Labute approximate surface area is 327 Å². The van der Waals surface area contributed by atoms with Crippen LogP contribution in [0.25, 0.3) is 98.7 Å². The minimum atomic E-state index is 0.588. The summed E-state index contributed by atoms with van der Waals surface area (Å²) < 4.78 is 13.2. The minimum absolute atomic E-state index is 0.588. The van der Waals surface area contributed by atoms with Gasteiger partial charge in [0.25, 0.3) is 0 Å². The van der Waals surface area contributed by atoms with Gasteiger partial charge in [-0.25, -0.2) is 4.98 Å². The van der Waals surface area contributed by atoms with E-state index in [9.17, 15) is 0 Å². The molecule has 0 aliphatic rings. The van der Waals surface area contributed by atoms with Gasteiger partial charge in [0.1, 0.15) is 11.1 Å². The van der Waals surface area contributed by atoms with Crippen molar-refractivity contribution in [2.24, 2.45) is 0 Å². The van der Waals surface area contributed by atoms with Crippen LogP contribution in [0.5, 0.6) is 0 Å². The molecule has 2 heterocycles. The van der Waals surface area contributed by atoms with Crippen LogP contribution in [0.1, 0.15) is 0 Å². The number of furan rings is 1. The molecule has 0 saturated carbocycles. The molecule has 12 aromatic rings. The molecule has 0 spiro atoms. The van der Waals surface area contributed by atoms with Crippen molar-refractivity contribution in [2.75, 3.05) is 4.90 Å². The second-order valence-electron chi connectivity index (χ2n) is 14.7. The van der Waals surface area contributed by atoms with Gasteiger partial charge in [0.05, 0.1) is 5.69 Å². The Morgan fingerprint density at radius 2 is 0.947 bits per heavy atom. The minimum Gasteiger partial charge on any atom is -0.454 e. The molecule has 0 atom stereocenters. The number of anilines is 3. The van der Waals surface area contributed by atoms with Crippen LogP contribution >= 0.6 is 0 Å². The van der Waals surface area contributed by atoms with Gasteiger partial charge in [0, 0.05) is 33.1 Å². The molecular weight excluding hydrogens is 697 g/mol. The Morgan fingerprint density at radius 1 is 0.351 bits per heavy atom. The summed E-state index contributed by atoms with van der Waals surface area (Å²) in [7, 11) is 0. The fraction of sp³-hybridized carbons (Fsp3) is 0. The lowest BCUT2D eigenvalue weighted by atomic mass is 9.93. The monoisotopic (exact) mass is 728 g/mol. The van der Waals surface area contributed by atoms with E-state index < -0.39 is 0 Å². The molecule has 4 heteroatoms. The first-order valence-electron chi connectivity index (χ1n) is 19.3. The van der Waals surface area contributed by atoms with Crippen LogP contribution in [0.4, 0.5) is 17.1 Å². The number of para-hydroxylation sites is 2. The summed E-state index contributed by atoms with van der Waals surface area (Å²) in [6, 6.07) is 68.8. The van der Waals surface area contributed by atoms with Crippen LogP contribution < -0.4 is 4.90 Å². The number of hydrogen-bond donors (Lipinski definition) is 0. The molecule has 0 N–H and O–H groups in total. The van der Waals surface area contributed by atoms with E-state index in [-0.39, 0.29) is 0 Å². The Hall–Kier alpha value is -7.69. The van der Waals surface area contributed by atoms with Crippen LogP contribution in [0.2, 0.25) is 0 Å². The zero-order valence-corrected chi connectivity index (χ0v) is 30.7. The third kappa shape index (κ3) is 4.98. The van der Waals surface area contributed by atoms with Gasteiger partial charge in [-0.3, -0.25) is 0 Å². The smallest absolute Gasteiger partial charge is 0.227 e. The zero-order valence-electron chi connectivity index (χ0n) is 30.7. The Morgan fingerprint density at radius 3 is 1.70 bits per heavy atom. The van der Waals surface area contributed by atoms with Gasteiger partial charge in [0.2, 0.25) is 5.89 Å². The van der Waals surface area contributed by atoms with E-state index in [2.05, 4.69) is 163 Å². The standard InChI is InChI=1S/C53H32N2O2/c1-2-12-33(13-3-1)34-22-25-37(26-23-34)55(38-27-28-44-42-18-7-6-16-40(42)41-17-8-9-19-43(41)45(44)32-38)51-39-15-5-4-14-35(39)30-47-46-31-36(24-29-49(46)56-52(47)51)53-54-48-20-10-11-21-50(48)57-53/h1-32H. The number of rotatable bonds is 5. The molecule has 57 heavy (non-hydrogen) atoms. The van der Waals surface area contributed by atoms with E-state index in [1.165, 1.54) is 37.9 Å². The van der Waals surface area contributed by atoms with E-state index in [4.69, 9.17) is 13.8 Å². The number of nitrogens with zero attached hydrogens (tertiary/aromatic N) is 2. The fourth-order valence-electron chi connectivity index (χ4n) is 8.78. The molecule has 0 saturated heterocycles. The second-order valence-corrected chi connectivity index (χ2v) is 14.7. The van der Waals surface area contributed by atoms with Crippen LogP contribution in [0.15, 0.2) is 203 Å². The molecule has 12 rings (SSSR count). The van der Waals surface area contributed by atoms with Gasteiger partial charge in [-0.15, -0.1) is 0 Å². The molecule has 4 nitrogen and oxygen atoms in total. The number of benzene rings is 10. The predicted molar refractivity (Wildman–Crippen MR) is 237 cm³/mol. The number of hydrogen-bond acceptors (Lipinski definition) is 4. The van der Waals surface area contributed by atoms with Crippen molar-refractivity contribution in [1.82, 2.24) is 4.98 Å². The molecule has 266 valence electrons. The van der Waals surface area contributed by atoms with E-state index in [1.807, 2.05) is 36.4 Å². The second kappa shape index (κ2) is 12.4. The van der Waals surface area contributed by atoms with E-state index in [1.54, 1.807) is 0 Å². The van der Waals surface area contributed by atoms with Crippen LogP contribution in [0, 0.1) is 0 Å². The third-order valence-electron chi connectivity index (χ3n) is 11.4. The summed E-state index contributed by atoms with van der Waals surface area (Å²) in [4.78, 5) is 7.20. The first kappa shape index (κ1) is 31.6. The summed E-state index contributed by atoms with van der Waals surface area (Å²) in [5, 5.41) is 11.7. The summed E-state index contributed by atoms with van der Waals surface area (Å²) >= 11 is 0. The van der Waals surface area contributed by atoms with E-state index in [0.29, 0.717) is 5.89 Å². The first-order valence-corrected chi connectivity index (χ1v) is 19.3. The molecule has 0 fully saturated rings. The Kier molecular flexibility index (Phi) is 6.89. The summed E-state index contributed by atoms with van der Waals surface area (Å²) in [6.07, 6.45) is 0. The maximum atomic E-state index is 6.98. The molecule has 0 bridgehead atoms. The van der Waals surface area contributed by atoms with Crippen LogP contribution in [-0.2, 0) is 0 Å². The molecule has 0 aliphatic carbocycles. The van der Waals surface area contributed by atoms with Gasteiger partial charge in [-0.2, -0.15) is 0 Å². The molecule has 0 amide bonds. The molecule has 0 radical (unpaired) electrons. The van der Waals surface area contributed by atoms with Crippen molar-refractivity contribution in [3.8, 4) is 22.6 Å². The Bertz CT molecular complexity index is 3460. The first-order chi connectivity index (χ1) is 28.2. The van der Waals surface area contributed by atoms with Crippen molar-refractivity contribution in [3.63, 3.8) is 0 Å². The number of fused-ring (bicyclic) bond motifs is 11. The van der Waals surface area contributed by atoms with Gasteiger partial charge < -0.3 is 13.7 Å². The molecule has 2 aromatic heterocycles. The molecule has 10 aromatic carbocycles. The highest BCUT2D eigenvalue weighted by Crippen LogP contribution is 2.48. The van der Waals surface area contributed by atoms with Gasteiger partial charge in [0.15, 0.2) is 11.2 Å². The summed E-state index contributed by atoms with van der Waals surface area (Å²) in [6.45, 7) is 0. The van der Waals surface area contributed by atoms with Crippen LogP contribution in [-0.4, -0.2) is 4.98 Å². The van der Waals surface area contributed by atoms with Crippen molar-refractivity contribution < 1.29 is 8.83 Å². The van der Waals surface area contributed by atoms with E-state index in [0.717, 1.165) is 72.0 Å². The van der Waals surface area contributed by atoms with Crippen LogP contribution in [0.3, 0.4) is 0 Å². The maximum absolute atomic E-state index is 6.98. The SMILES string of the molecule is c1ccc(-c2ccc(N(c3ccc4c5ccccc5c5ccccc5c4c3)c3c4ccccc4cc4c3oc3ccc(-c5nc6ccccc6o5)cc34)cc2)cc1. The van der Waals surface area contributed by atoms with Crippen molar-refractivity contribution in [1.29, 1.82) is 0 Å². The summed E-state index contributed by atoms with van der Waals surface area (Å²) in [5.41, 5.74) is 9.52. The van der Waals surface area contributed by atoms with Crippen molar-refractivity contribution in [3.05, 3.63) is 194 Å². The van der Waals surface area contributed by atoms with Crippen molar-refractivity contribution in [2.45, 2.75) is 0 Å². The van der Waals surface area contributed by atoms with Gasteiger partial charge >= 0.3 is 0 Å². The molecule has 0 unspecified atom stereocenters. The zero-order chi connectivity index (χ0) is 37.5. The van der Waals surface area contributed by atoms with Crippen molar-refractivity contribution >= 4 is 93.2 Å². The largest absolute Gasteiger partial charge is 0.454 e. The summed E-state index contributed by atoms with van der Waals surface area (Å²) in [5.74, 6) is 0.588. The molecule has 0 aliphatic heterocycles. The third-order valence-corrected chi connectivity index (χ3v) is 11.4. The number of oxazole rings is 1. The lowest BCUT2D eigenvalue weighted by Gasteiger charge is -2.28. The normalized spacial score (nSPS) is 11.9. The fourth-order valence-corrected chi connectivity index (χ4v) is 8.78. The quantitative estimate of drug-likeness (QED) is 0.166. The van der Waals surface area contributed by atoms with E-state index >= 15 is 0 Å². The predicted octanol–water partition coefficient (Wildman–Crippen LogP) is 15.1. The number of aromatic nitrogens is 1. The highest BCUT2D eigenvalue weighted by atomic mass is 16.3. The molecular formula is C53H32N2O2. The highest BCUT2D eigenvalue weighted by Gasteiger charge is 2.24. The average Bonchev–Trinajstić information content (AvgIpc) is 3.88. The maximum Gasteiger partial charge on any atom is 0.227 e. The lowest BCUT2D eigenvalue weighted by molar-refractivity contribution is 0.620. The average molecular weight is 729 g/mol. The lowest BCUT2D eigenvalue weighted by Crippen LogP contribution is -2.11. The topological polar surface area (TPSA) is 42.4 Å². The Balaban J connectivity index is 1.14. The van der Waals surface area contributed by atoms with Gasteiger partial charge in [-0.1, -0.05) is 133 Å². The van der Waals surface area contributed by atoms with Gasteiger partial charge in [-0.05, 0) is 109 Å².